The van der Waals surface area contributed by atoms with Crippen LogP contribution in [0.1, 0.15) is 26.7 Å². The van der Waals surface area contributed by atoms with Gasteiger partial charge in [-0.05, 0) is 43.7 Å². The summed E-state index contributed by atoms with van der Waals surface area (Å²) >= 11 is 7.34. The average molecular weight is 451 g/mol. The number of amides is 2. The minimum Gasteiger partial charge on any atom is -0.477 e. The third-order valence-corrected chi connectivity index (χ3v) is 5.33. The van der Waals surface area contributed by atoms with E-state index in [1.54, 1.807) is 18.3 Å². The monoisotopic (exact) mass is 450 g/mol. The maximum absolute atomic E-state index is 14.5. The average Bonchev–Trinajstić information content (AvgIpc) is 2.69. The number of anilines is 1. The summed E-state index contributed by atoms with van der Waals surface area (Å²) in [6.07, 6.45) is 3.44. The van der Waals surface area contributed by atoms with Crippen LogP contribution in [0.15, 0.2) is 52.9 Å². The standard InChI is InChI=1S/C21H20ClFN2O4S/c1-4-20(28)25(14(3)27)17-12-19(15(22)11-16(17)23)30-18-8-5-9-24-21(18)29-10-6-7-13(2)26/h4-5,8-9,11-12H,1,6-7,10H2,2-3H3. The summed E-state index contributed by atoms with van der Waals surface area (Å²) in [7, 11) is 0. The van der Waals surface area contributed by atoms with Crippen molar-refractivity contribution in [3.05, 3.63) is 54.0 Å². The number of halogens is 2. The summed E-state index contributed by atoms with van der Waals surface area (Å²) in [5, 5.41) is 0.0992. The highest BCUT2D eigenvalue weighted by Gasteiger charge is 2.23. The van der Waals surface area contributed by atoms with E-state index in [1.165, 1.54) is 13.0 Å². The van der Waals surface area contributed by atoms with Crippen molar-refractivity contribution in [3.63, 3.8) is 0 Å². The van der Waals surface area contributed by atoms with Gasteiger partial charge >= 0.3 is 0 Å². The Kier molecular flexibility index (Phi) is 8.56. The molecule has 158 valence electrons. The Morgan fingerprint density at radius 1 is 1.30 bits per heavy atom. The van der Waals surface area contributed by atoms with Gasteiger partial charge in [-0.2, -0.15) is 0 Å². The summed E-state index contributed by atoms with van der Waals surface area (Å²) in [5.74, 6) is -1.83. The molecule has 0 saturated heterocycles. The van der Waals surface area contributed by atoms with Gasteiger partial charge in [0, 0.05) is 24.4 Å². The Morgan fingerprint density at radius 3 is 2.67 bits per heavy atom. The first-order valence-corrected chi connectivity index (χ1v) is 10.1. The van der Waals surface area contributed by atoms with Crippen LogP contribution in [-0.4, -0.2) is 29.2 Å². The van der Waals surface area contributed by atoms with Crippen molar-refractivity contribution >= 4 is 46.6 Å². The van der Waals surface area contributed by atoms with E-state index in [4.69, 9.17) is 16.3 Å². The van der Waals surface area contributed by atoms with E-state index in [0.717, 1.165) is 30.8 Å². The van der Waals surface area contributed by atoms with Crippen molar-refractivity contribution < 1.29 is 23.5 Å². The van der Waals surface area contributed by atoms with Gasteiger partial charge in [0.05, 0.1) is 22.2 Å². The van der Waals surface area contributed by atoms with Gasteiger partial charge in [0.2, 0.25) is 11.8 Å². The molecule has 0 saturated carbocycles. The Bertz CT molecular complexity index is 983. The van der Waals surface area contributed by atoms with E-state index < -0.39 is 17.6 Å². The lowest BCUT2D eigenvalue weighted by atomic mass is 10.2. The van der Waals surface area contributed by atoms with Gasteiger partial charge in [-0.15, -0.1) is 0 Å². The molecule has 0 fully saturated rings. The predicted molar refractivity (Wildman–Crippen MR) is 114 cm³/mol. The second-order valence-corrected chi connectivity index (χ2v) is 7.68. The summed E-state index contributed by atoms with van der Waals surface area (Å²) in [6, 6.07) is 5.80. The molecular weight excluding hydrogens is 431 g/mol. The smallest absolute Gasteiger partial charge is 0.257 e. The first-order valence-electron chi connectivity index (χ1n) is 8.95. The topological polar surface area (TPSA) is 76.6 Å². The molecule has 0 aliphatic heterocycles. The number of ether oxygens (including phenoxy) is 1. The van der Waals surface area contributed by atoms with E-state index in [1.807, 2.05) is 0 Å². The molecule has 0 aliphatic carbocycles. The van der Waals surface area contributed by atoms with Crippen LogP contribution in [0, 0.1) is 5.82 Å². The highest BCUT2D eigenvalue weighted by molar-refractivity contribution is 7.99. The van der Waals surface area contributed by atoms with Gasteiger partial charge in [0.15, 0.2) is 0 Å². The molecule has 30 heavy (non-hydrogen) atoms. The molecule has 2 rings (SSSR count). The van der Waals surface area contributed by atoms with Gasteiger partial charge in [-0.3, -0.25) is 9.59 Å². The molecule has 0 atom stereocenters. The number of carbonyl (C=O) groups excluding carboxylic acids is 3. The zero-order chi connectivity index (χ0) is 22.3. The quantitative estimate of drug-likeness (QED) is 0.402. The molecular formula is C21H20ClFN2O4S. The minimum atomic E-state index is -0.818. The Hall–Kier alpha value is -2.71. The molecule has 0 unspecified atom stereocenters. The number of pyridine rings is 1. The van der Waals surface area contributed by atoms with Gasteiger partial charge < -0.3 is 9.53 Å². The number of rotatable bonds is 9. The van der Waals surface area contributed by atoms with Crippen LogP contribution in [0.3, 0.4) is 0 Å². The lowest BCUT2D eigenvalue weighted by Crippen LogP contribution is -2.34. The van der Waals surface area contributed by atoms with Crippen molar-refractivity contribution in [1.29, 1.82) is 0 Å². The lowest BCUT2D eigenvalue weighted by Gasteiger charge is -2.19. The fourth-order valence-corrected chi connectivity index (χ4v) is 3.65. The van der Waals surface area contributed by atoms with Crippen molar-refractivity contribution in [3.8, 4) is 5.88 Å². The number of benzene rings is 1. The molecule has 0 bridgehead atoms. The number of imide groups is 1. The molecule has 9 heteroatoms. The zero-order valence-electron chi connectivity index (χ0n) is 16.5. The van der Waals surface area contributed by atoms with Crippen LogP contribution in [0.5, 0.6) is 5.88 Å². The number of Topliss-reactive ketones (excluding diaryl/α,β-unsaturated/α-hetero) is 1. The van der Waals surface area contributed by atoms with E-state index >= 15 is 0 Å². The Labute approximate surface area is 183 Å². The molecule has 0 aliphatic rings. The van der Waals surface area contributed by atoms with Crippen LogP contribution in [0.4, 0.5) is 10.1 Å². The largest absolute Gasteiger partial charge is 0.477 e. The van der Waals surface area contributed by atoms with E-state index in [2.05, 4.69) is 11.6 Å². The summed E-state index contributed by atoms with van der Waals surface area (Å²) < 4.78 is 20.1. The number of aromatic nitrogens is 1. The fraction of sp³-hybridized carbons (Fsp3) is 0.238. The second-order valence-electron chi connectivity index (χ2n) is 6.19. The van der Waals surface area contributed by atoms with Crippen LogP contribution in [-0.2, 0) is 14.4 Å². The summed E-state index contributed by atoms with van der Waals surface area (Å²) in [6.45, 7) is 6.31. The van der Waals surface area contributed by atoms with E-state index in [9.17, 15) is 18.8 Å². The SMILES string of the molecule is C=CC(=O)N(C(C)=O)c1cc(Sc2cccnc2OCCCC(C)=O)c(Cl)cc1F. The molecule has 0 N–H and O–H groups in total. The van der Waals surface area contributed by atoms with Crippen LogP contribution >= 0.6 is 23.4 Å². The second kappa shape index (κ2) is 10.9. The molecule has 2 aromatic rings. The van der Waals surface area contributed by atoms with Crippen LogP contribution < -0.4 is 9.64 Å². The van der Waals surface area contributed by atoms with Crippen LogP contribution in [0.2, 0.25) is 5.02 Å². The highest BCUT2D eigenvalue weighted by atomic mass is 35.5. The van der Waals surface area contributed by atoms with Gasteiger partial charge in [-0.25, -0.2) is 14.3 Å². The number of ketones is 1. The number of hydrogen-bond donors (Lipinski definition) is 0. The molecule has 1 aromatic carbocycles. The van der Waals surface area contributed by atoms with Crippen molar-refractivity contribution in [2.24, 2.45) is 0 Å². The van der Waals surface area contributed by atoms with Gasteiger partial charge in [0.25, 0.3) is 5.91 Å². The number of nitrogens with zero attached hydrogens (tertiary/aromatic N) is 2. The van der Waals surface area contributed by atoms with E-state index in [0.29, 0.717) is 40.0 Å². The maximum Gasteiger partial charge on any atom is 0.257 e. The van der Waals surface area contributed by atoms with Crippen LogP contribution in [0.25, 0.3) is 0 Å². The summed E-state index contributed by atoms with van der Waals surface area (Å²) in [5.41, 5.74) is -0.230. The molecule has 6 nitrogen and oxygen atoms in total. The first kappa shape index (κ1) is 23.6. The van der Waals surface area contributed by atoms with Crippen molar-refractivity contribution in [1.82, 2.24) is 4.98 Å². The van der Waals surface area contributed by atoms with E-state index in [-0.39, 0.29) is 16.5 Å². The maximum atomic E-state index is 14.5. The zero-order valence-corrected chi connectivity index (χ0v) is 18.1. The summed E-state index contributed by atoms with van der Waals surface area (Å²) in [4.78, 5) is 40.9. The predicted octanol–water partition coefficient (Wildman–Crippen LogP) is 4.84. The van der Waals surface area contributed by atoms with Crippen molar-refractivity contribution in [2.45, 2.75) is 36.5 Å². The van der Waals surface area contributed by atoms with Gasteiger partial charge in [0.1, 0.15) is 11.6 Å². The highest BCUT2D eigenvalue weighted by Crippen LogP contribution is 2.40. The first-order chi connectivity index (χ1) is 14.2. The van der Waals surface area contributed by atoms with Gasteiger partial charge in [-0.1, -0.05) is 29.9 Å². The molecule has 0 radical (unpaired) electrons. The lowest BCUT2D eigenvalue weighted by molar-refractivity contribution is -0.123. The Morgan fingerprint density at radius 2 is 2.03 bits per heavy atom. The molecule has 1 heterocycles. The minimum absolute atomic E-state index is 0.0731. The number of carbonyl (C=O) groups is 3. The normalized spacial score (nSPS) is 10.4. The third kappa shape index (κ3) is 6.14. The fourth-order valence-electron chi connectivity index (χ4n) is 2.47. The Balaban J connectivity index is 2.33. The molecule has 0 spiro atoms. The van der Waals surface area contributed by atoms with Crippen molar-refractivity contribution in [2.75, 3.05) is 11.5 Å². The molecule has 2 amide bonds. The molecule has 1 aromatic heterocycles. The third-order valence-electron chi connectivity index (χ3n) is 3.82. The number of hydrogen-bond acceptors (Lipinski definition) is 6.